The fraction of sp³-hybridized carbons (Fsp3) is 0.687. The summed E-state index contributed by atoms with van der Waals surface area (Å²) in [5.74, 6) is -2.34. The number of esters is 4. The van der Waals surface area contributed by atoms with Crippen molar-refractivity contribution in [3.05, 3.63) is 134 Å². The molecule has 0 aromatic heterocycles. The maximum atomic E-state index is 13.1. The number of aliphatic hydroxyl groups is 1. The predicted octanol–water partition coefficient (Wildman–Crippen LogP) is 22.9. The molecule has 0 aliphatic carbocycles. The Morgan fingerprint density at radius 2 is 0.549 bits per heavy atom. The second-order valence-electron chi connectivity index (χ2n) is 25.9. The fourth-order valence-electron chi connectivity index (χ4n) is 10.3. The number of hydrogen-bond acceptors (Lipinski definition) is 15. The second-order valence-corrected chi connectivity index (χ2v) is 28.8. The van der Waals surface area contributed by atoms with Gasteiger partial charge in [0, 0.05) is 19.3 Å². The maximum Gasteiger partial charge on any atom is 0.472 e. The largest absolute Gasteiger partial charge is 0.472 e. The SMILES string of the molecule is CC/C=C\C/C=C\C/C=C\C/C=C\C/C=C\CC(=O)OC(COC(=O)CCCCCCCCC/C=C\C/C=C\C/C=C\CC)COP(=O)(O)OCC(O)COP(=O)(O)OCC(COC(=O)CCCCCCCCC/C=C\C/C=C\C/C=C\CC)OC(=O)CCCCCCCCCCCCCCC. The number of carbonyl (C=O) groups is 4. The lowest BCUT2D eigenvalue weighted by molar-refractivity contribution is -0.161. The van der Waals surface area contributed by atoms with E-state index in [9.17, 15) is 43.2 Å². The minimum Gasteiger partial charge on any atom is -0.462 e. The summed E-state index contributed by atoms with van der Waals surface area (Å²) in [6.45, 7) is 4.42. The molecule has 17 nitrogen and oxygen atoms in total. The molecule has 3 N–H and O–H groups in total. The molecule has 0 aliphatic heterocycles. The average molecular weight is 1470 g/mol. The van der Waals surface area contributed by atoms with Gasteiger partial charge in [0.15, 0.2) is 12.2 Å². The highest BCUT2D eigenvalue weighted by Gasteiger charge is 2.30. The zero-order chi connectivity index (χ0) is 74.6. The van der Waals surface area contributed by atoms with E-state index in [0.29, 0.717) is 25.7 Å². The molecule has 102 heavy (non-hydrogen) atoms. The molecule has 0 spiro atoms. The van der Waals surface area contributed by atoms with Crippen LogP contribution in [-0.4, -0.2) is 96.7 Å². The topological polar surface area (TPSA) is 237 Å². The molecule has 0 bridgehead atoms. The van der Waals surface area contributed by atoms with Gasteiger partial charge in [-0.05, 0) is 116 Å². The number of carbonyl (C=O) groups excluding carboxylic acids is 4. The van der Waals surface area contributed by atoms with E-state index in [1.165, 1.54) is 51.4 Å². The standard InChI is InChI=1S/C83H140O17P2/c1-5-9-13-17-21-25-29-33-36-38-41-44-47-51-55-59-63-67-80(85)93-73-78(99-82(87)69-65-61-57-53-49-43-32-28-24-20-16-12-8-4)75-97-101(89,90)95-71-77(84)72-96-102(91,92)98-76-79(100-83(88)70-66-62-58-54-50-46-40-35-31-27-23-19-15-11-7-3)74-94-81(86)68-64-60-56-52-48-45-42-39-37-34-30-26-22-18-14-10-6-2/h9-11,13-15,21-23,25-27,33-37,40,50,54,62,66,77-79,84H,5-8,12,16-20,24,28-32,38-39,41-49,51-53,55-61,63-65,67-76H2,1-4H3,(H,89,90)(H,91,92)/b13-9-,14-10-,15-11-,25-21-,26-22-,27-23-,36-33-,37-34-,40-35-,54-50-,66-62-. The third kappa shape index (κ3) is 73.5. The number of phosphoric ester groups is 2. The van der Waals surface area contributed by atoms with Crippen molar-refractivity contribution < 1.29 is 80.2 Å². The van der Waals surface area contributed by atoms with Crippen molar-refractivity contribution in [2.75, 3.05) is 39.6 Å². The van der Waals surface area contributed by atoms with Crippen molar-refractivity contribution in [3.8, 4) is 0 Å². The Kier molecular flexibility index (Phi) is 71.0. The van der Waals surface area contributed by atoms with Gasteiger partial charge in [-0.15, -0.1) is 0 Å². The molecule has 584 valence electrons. The molecule has 0 radical (unpaired) electrons. The minimum absolute atomic E-state index is 0.0909. The Balaban J connectivity index is 5.41. The Morgan fingerprint density at radius 1 is 0.294 bits per heavy atom. The molecule has 0 saturated heterocycles. The summed E-state index contributed by atoms with van der Waals surface area (Å²) in [7, 11) is -9.99. The monoisotopic (exact) mass is 1470 g/mol. The van der Waals surface area contributed by atoms with E-state index in [-0.39, 0.29) is 25.7 Å². The lowest BCUT2D eigenvalue weighted by Crippen LogP contribution is -2.30. The van der Waals surface area contributed by atoms with E-state index < -0.39 is 97.5 Å². The zero-order valence-electron chi connectivity index (χ0n) is 63.7. The van der Waals surface area contributed by atoms with Crippen molar-refractivity contribution in [1.82, 2.24) is 0 Å². The van der Waals surface area contributed by atoms with Crippen LogP contribution in [0.5, 0.6) is 0 Å². The molecule has 0 saturated carbocycles. The van der Waals surface area contributed by atoms with Crippen LogP contribution < -0.4 is 0 Å². The molecule has 19 heteroatoms. The Hall–Kier alpha value is -4.80. The first-order chi connectivity index (χ1) is 49.7. The molecule has 0 aromatic rings. The highest BCUT2D eigenvalue weighted by atomic mass is 31.2. The lowest BCUT2D eigenvalue weighted by atomic mass is 10.0. The van der Waals surface area contributed by atoms with Crippen LogP contribution in [0.15, 0.2) is 134 Å². The molecule has 0 amide bonds. The van der Waals surface area contributed by atoms with Gasteiger partial charge in [-0.25, -0.2) is 9.13 Å². The first-order valence-corrected chi connectivity index (χ1v) is 42.4. The van der Waals surface area contributed by atoms with E-state index >= 15 is 0 Å². The molecule has 0 aliphatic rings. The van der Waals surface area contributed by atoms with Crippen LogP contribution in [0.3, 0.4) is 0 Å². The Bertz CT molecular complexity index is 2460. The van der Waals surface area contributed by atoms with Crippen LogP contribution in [0.25, 0.3) is 0 Å². The Labute approximate surface area is 618 Å². The highest BCUT2D eigenvalue weighted by molar-refractivity contribution is 7.47. The van der Waals surface area contributed by atoms with Crippen molar-refractivity contribution in [1.29, 1.82) is 0 Å². The highest BCUT2D eigenvalue weighted by Crippen LogP contribution is 2.45. The molecule has 5 unspecified atom stereocenters. The average Bonchev–Trinajstić information content (AvgIpc) is 0.907. The van der Waals surface area contributed by atoms with Gasteiger partial charge in [0.1, 0.15) is 19.3 Å². The third-order valence-corrected chi connectivity index (χ3v) is 18.1. The van der Waals surface area contributed by atoms with Gasteiger partial charge in [-0.3, -0.25) is 37.3 Å². The first kappa shape index (κ1) is 97.2. The minimum atomic E-state index is -5.01. The van der Waals surface area contributed by atoms with Crippen LogP contribution in [0.1, 0.15) is 310 Å². The molecule has 0 rings (SSSR count). The van der Waals surface area contributed by atoms with Gasteiger partial charge in [0.25, 0.3) is 0 Å². The summed E-state index contributed by atoms with van der Waals surface area (Å²) in [4.78, 5) is 72.9. The van der Waals surface area contributed by atoms with E-state index in [1.807, 2.05) is 12.2 Å². The number of rotatable bonds is 73. The number of hydrogen-bond donors (Lipinski definition) is 3. The van der Waals surface area contributed by atoms with Gasteiger partial charge in [0.05, 0.1) is 32.8 Å². The second kappa shape index (κ2) is 74.5. The number of unbranched alkanes of at least 4 members (excludes halogenated alkanes) is 26. The lowest BCUT2D eigenvalue weighted by Gasteiger charge is -2.21. The van der Waals surface area contributed by atoms with Crippen LogP contribution in [0.2, 0.25) is 0 Å². The smallest absolute Gasteiger partial charge is 0.462 e. The number of ether oxygens (including phenoxy) is 4. The molecule has 0 fully saturated rings. The quantitative estimate of drug-likeness (QED) is 0.0169. The molecule has 5 atom stereocenters. The van der Waals surface area contributed by atoms with Gasteiger partial charge >= 0.3 is 39.5 Å². The predicted molar refractivity (Wildman–Crippen MR) is 418 cm³/mol. The third-order valence-electron chi connectivity index (χ3n) is 16.2. The number of phosphoric acid groups is 2. The van der Waals surface area contributed by atoms with E-state index in [0.717, 1.165) is 180 Å². The summed E-state index contributed by atoms with van der Waals surface area (Å²) >= 11 is 0. The van der Waals surface area contributed by atoms with Crippen LogP contribution in [0.4, 0.5) is 0 Å². The normalized spacial score (nSPS) is 14.6. The van der Waals surface area contributed by atoms with Gasteiger partial charge in [-0.2, -0.15) is 0 Å². The molecular weight excluding hydrogens is 1330 g/mol. The van der Waals surface area contributed by atoms with Crippen LogP contribution >= 0.6 is 15.6 Å². The Morgan fingerprint density at radius 3 is 0.873 bits per heavy atom. The summed E-state index contributed by atoms with van der Waals surface area (Å²) < 4.78 is 68.4. The van der Waals surface area contributed by atoms with Crippen LogP contribution in [0, 0.1) is 0 Å². The van der Waals surface area contributed by atoms with Crippen LogP contribution in [-0.2, 0) is 65.4 Å². The van der Waals surface area contributed by atoms with Crippen molar-refractivity contribution in [2.45, 2.75) is 329 Å². The fourth-order valence-corrected chi connectivity index (χ4v) is 11.8. The summed E-state index contributed by atoms with van der Waals surface area (Å²) in [5.41, 5.74) is 0. The summed E-state index contributed by atoms with van der Waals surface area (Å²) in [6.07, 6.45) is 83.2. The first-order valence-electron chi connectivity index (χ1n) is 39.4. The van der Waals surface area contributed by atoms with Crippen molar-refractivity contribution in [3.63, 3.8) is 0 Å². The number of allylic oxidation sites excluding steroid dienone is 21. The molecular formula is C83H140O17P2. The number of aliphatic hydroxyl groups excluding tert-OH is 1. The van der Waals surface area contributed by atoms with Gasteiger partial charge in [0.2, 0.25) is 0 Å². The molecule has 0 heterocycles. The maximum absolute atomic E-state index is 13.1. The van der Waals surface area contributed by atoms with E-state index in [1.54, 1.807) is 12.2 Å². The van der Waals surface area contributed by atoms with E-state index in [4.69, 9.17) is 37.0 Å². The van der Waals surface area contributed by atoms with Gasteiger partial charge < -0.3 is 33.8 Å². The van der Waals surface area contributed by atoms with Crippen molar-refractivity contribution in [2.24, 2.45) is 0 Å². The van der Waals surface area contributed by atoms with Crippen molar-refractivity contribution >= 4 is 39.5 Å². The zero-order valence-corrected chi connectivity index (χ0v) is 65.5. The van der Waals surface area contributed by atoms with E-state index in [2.05, 4.69) is 137 Å². The molecule has 0 aromatic carbocycles. The van der Waals surface area contributed by atoms with Gasteiger partial charge in [-0.1, -0.05) is 303 Å². The summed E-state index contributed by atoms with van der Waals surface area (Å²) in [5, 5.41) is 10.6. The summed E-state index contributed by atoms with van der Waals surface area (Å²) in [6, 6.07) is 0.